The Morgan fingerprint density at radius 1 is 1.26 bits per heavy atom. The van der Waals surface area contributed by atoms with Crippen molar-refractivity contribution in [3.8, 4) is 0 Å². The van der Waals surface area contributed by atoms with Gasteiger partial charge in [0.1, 0.15) is 5.76 Å². The number of rotatable bonds is 5. The van der Waals surface area contributed by atoms with Crippen LogP contribution in [0.2, 0.25) is 0 Å². The van der Waals surface area contributed by atoms with Crippen LogP contribution < -0.4 is 5.32 Å². The van der Waals surface area contributed by atoms with Gasteiger partial charge in [0.2, 0.25) is 0 Å². The fraction of sp³-hybridized carbons (Fsp3) is 0.312. The van der Waals surface area contributed by atoms with E-state index >= 15 is 0 Å². The van der Waals surface area contributed by atoms with E-state index in [0.29, 0.717) is 12.5 Å². The van der Waals surface area contributed by atoms with Gasteiger partial charge in [0, 0.05) is 5.56 Å². The number of hydrogen-bond donors (Lipinski definition) is 1. The first-order valence-corrected chi connectivity index (χ1v) is 6.62. The van der Waals surface area contributed by atoms with Gasteiger partial charge in [0.15, 0.2) is 0 Å². The van der Waals surface area contributed by atoms with Crippen molar-refractivity contribution in [1.82, 2.24) is 5.32 Å². The van der Waals surface area contributed by atoms with E-state index in [1.54, 1.807) is 6.26 Å². The van der Waals surface area contributed by atoms with Crippen LogP contribution in [0.15, 0.2) is 47.1 Å². The third-order valence-corrected chi connectivity index (χ3v) is 3.35. The van der Waals surface area contributed by atoms with Gasteiger partial charge in [-0.2, -0.15) is 0 Å². The van der Waals surface area contributed by atoms with E-state index in [0.717, 1.165) is 23.3 Å². The first kappa shape index (κ1) is 13.4. The second-order valence-corrected chi connectivity index (χ2v) is 4.66. The highest BCUT2D eigenvalue weighted by Crippen LogP contribution is 2.22. The number of carbonyl (C=O) groups is 1. The lowest BCUT2D eigenvalue weighted by atomic mass is 9.93. The molecule has 0 spiro atoms. The topological polar surface area (TPSA) is 42.2 Å². The summed E-state index contributed by atoms with van der Waals surface area (Å²) in [7, 11) is 0. The molecular weight excluding hydrogens is 238 g/mol. The van der Waals surface area contributed by atoms with Crippen molar-refractivity contribution < 1.29 is 9.21 Å². The Labute approximate surface area is 113 Å². The van der Waals surface area contributed by atoms with Gasteiger partial charge in [-0.3, -0.25) is 4.79 Å². The first-order chi connectivity index (χ1) is 9.22. The molecule has 100 valence electrons. The summed E-state index contributed by atoms with van der Waals surface area (Å²) in [6.45, 7) is 4.68. The molecule has 0 aliphatic carbocycles. The first-order valence-electron chi connectivity index (χ1n) is 6.62. The van der Waals surface area contributed by atoms with Crippen molar-refractivity contribution in [1.29, 1.82) is 0 Å². The van der Waals surface area contributed by atoms with E-state index in [9.17, 15) is 4.79 Å². The van der Waals surface area contributed by atoms with Crippen molar-refractivity contribution in [3.63, 3.8) is 0 Å². The summed E-state index contributed by atoms with van der Waals surface area (Å²) in [6.07, 6.45) is 2.62. The van der Waals surface area contributed by atoms with Crippen molar-refractivity contribution in [2.45, 2.75) is 32.7 Å². The molecule has 0 unspecified atom stereocenters. The maximum atomic E-state index is 12.2. The molecule has 0 bridgehead atoms. The Morgan fingerprint density at radius 2 is 2.05 bits per heavy atom. The molecule has 1 heterocycles. The van der Waals surface area contributed by atoms with Crippen LogP contribution in [0.1, 0.15) is 47.9 Å². The zero-order chi connectivity index (χ0) is 13.7. The summed E-state index contributed by atoms with van der Waals surface area (Å²) in [4.78, 5) is 12.2. The van der Waals surface area contributed by atoms with Crippen LogP contribution in [-0.4, -0.2) is 5.91 Å². The number of nitrogens with one attached hydrogen (secondary N) is 1. The molecule has 2 aromatic rings. The molecule has 0 aliphatic heterocycles. The average molecular weight is 257 g/mol. The quantitative estimate of drug-likeness (QED) is 0.887. The van der Waals surface area contributed by atoms with Gasteiger partial charge in [0.25, 0.3) is 5.91 Å². The largest absolute Gasteiger partial charge is 0.467 e. The Hall–Kier alpha value is -2.03. The monoisotopic (exact) mass is 257 g/mol. The summed E-state index contributed by atoms with van der Waals surface area (Å²) >= 11 is 0. The van der Waals surface area contributed by atoms with Gasteiger partial charge < -0.3 is 9.73 Å². The fourth-order valence-electron chi connectivity index (χ4n) is 2.03. The van der Waals surface area contributed by atoms with Gasteiger partial charge >= 0.3 is 0 Å². The van der Waals surface area contributed by atoms with Gasteiger partial charge in [-0.05, 0) is 36.1 Å². The van der Waals surface area contributed by atoms with Crippen molar-refractivity contribution in [3.05, 3.63) is 59.5 Å². The molecule has 19 heavy (non-hydrogen) atoms. The number of hydrogen-bond acceptors (Lipinski definition) is 2. The summed E-state index contributed by atoms with van der Waals surface area (Å²) in [5, 5.41) is 2.89. The summed E-state index contributed by atoms with van der Waals surface area (Å²) in [5.41, 5.74) is 1.85. The standard InChI is InChI=1S/C16H19NO2/c1-3-12(2)14-8-4-5-9-15(14)16(18)17-11-13-7-6-10-19-13/h4-10,12H,3,11H2,1-2H3,(H,17,18)/t12-/m1/s1. The zero-order valence-corrected chi connectivity index (χ0v) is 11.3. The SMILES string of the molecule is CC[C@@H](C)c1ccccc1C(=O)NCc1ccco1. The van der Waals surface area contributed by atoms with Gasteiger partial charge in [-0.1, -0.05) is 32.0 Å². The van der Waals surface area contributed by atoms with Crippen LogP contribution in [0.4, 0.5) is 0 Å². The predicted octanol–water partition coefficient (Wildman–Crippen LogP) is 3.72. The Bertz CT molecular complexity index is 531. The van der Waals surface area contributed by atoms with Crippen LogP contribution >= 0.6 is 0 Å². The second-order valence-electron chi connectivity index (χ2n) is 4.66. The molecule has 0 aliphatic rings. The fourth-order valence-corrected chi connectivity index (χ4v) is 2.03. The van der Waals surface area contributed by atoms with Crippen molar-refractivity contribution in [2.24, 2.45) is 0 Å². The average Bonchev–Trinajstić information content (AvgIpc) is 2.97. The maximum Gasteiger partial charge on any atom is 0.251 e. The third-order valence-electron chi connectivity index (χ3n) is 3.35. The van der Waals surface area contributed by atoms with Gasteiger partial charge in [-0.25, -0.2) is 0 Å². The number of benzene rings is 1. The molecule has 3 heteroatoms. The molecule has 1 amide bonds. The normalized spacial score (nSPS) is 12.1. The Morgan fingerprint density at radius 3 is 2.74 bits per heavy atom. The highest BCUT2D eigenvalue weighted by atomic mass is 16.3. The van der Waals surface area contributed by atoms with E-state index in [-0.39, 0.29) is 5.91 Å². The lowest BCUT2D eigenvalue weighted by molar-refractivity contribution is 0.0946. The molecule has 1 aromatic heterocycles. The summed E-state index contributed by atoms with van der Waals surface area (Å²) < 4.78 is 5.20. The molecule has 2 rings (SSSR count). The molecular formula is C16H19NO2. The zero-order valence-electron chi connectivity index (χ0n) is 11.3. The highest BCUT2D eigenvalue weighted by molar-refractivity contribution is 5.95. The van der Waals surface area contributed by atoms with Crippen molar-refractivity contribution in [2.75, 3.05) is 0 Å². The minimum atomic E-state index is -0.0488. The van der Waals surface area contributed by atoms with Crippen LogP contribution in [0, 0.1) is 0 Å². The number of furan rings is 1. The molecule has 3 nitrogen and oxygen atoms in total. The molecule has 0 fully saturated rings. The lowest BCUT2D eigenvalue weighted by Crippen LogP contribution is -2.24. The van der Waals surface area contributed by atoms with E-state index in [1.165, 1.54) is 0 Å². The third kappa shape index (κ3) is 3.25. The molecule has 0 saturated carbocycles. The minimum absolute atomic E-state index is 0.0488. The summed E-state index contributed by atoms with van der Waals surface area (Å²) in [5.74, 6) is 1.09. The van der Waals surface area contributed by atoms with Crippen LogP contribution in [0.3, 0.4) is 0 Å². The number of carbonyl (C=O) groups excluding carboxylic acids is 1. The molecule has 0 saturated heterocycles. The second kappa shape index (κ2) is 6.23. The number of amides is 1. The molecule has 1 aromatic carbocycles. The van der Waals surface area contributed by atoms with Crippen LogP contribution in [0.5, 0.6) is 0 Å². The van der Waals surface area contributed by atoms with E-state index in [4.69, 9.17) is 4.42 Å². The Kier molecular flexibility index (Phi) is 4.39. The minimum Gasteiger partial charge on any atom is -0.467 e. The summed E-state index contributed by atoms with van der Waals surface area (Å²) in [6, 6.07) is 11.4. The lowest BCUT2D eigenvalue weighted by Gasteiger charge is -2.14. The molecule has 1 N–H and O–H groups in total. The van der Waals surface area contributed by atoms with E-state index in [1.807, 2.05) is 36.4 Å². The van der Waals surface area contributed by atoms with Crippen LogP contribution in [0.25, 0.3) is 0 Å². The van der Waals surface area contributed by atoms with Gasteiger partial charge in [-0.15, -0.1) is 0 Å². The van der Waals surface area contributed by atoms with Crippen molar-refractivity contribution >= 4 is 5.91 Å². The van der Waals surface area contributed by atoms with Gasteiger partial charge in [0.05, 0.1) is 12.8 Å². The van der Waals surface area contributed by atoms with E-state index < -0.39 is 0 Å². The van der Waals surface area contributed by atoms with Crippen LogP contribution in [-0.2, 0) is 6.54 Å². The smallest absolute Gasteiger partial charge is 0.251 e. The molecule has 0 radical (unpaired) electrons. The van der Waals surface area contributed by atoms with E-state index in [2.05, 4.69) is 19.2 Å². The maximum absolute atomic E-state index is 12.2. The predicted molar refractivity (Wildman–Crippen MR) is 75.0 cm³/mol. The molecule has 1 atom stereocenters. The Balaban J connectivity index is 2.10. The highest BCUT2D eigenvalue weighted by Gasteiger charge is 2.14.